The average molecular weight is 618 g/mol. The number of nitrogens with zero attached hydrogens (tertiary/aromatic N) is 2. The third kappa shape index (κ3) is 10.3. The number of methoxy groups -OCH3 is 1. The molecular weight excluding hydrogens is 574 g/mol. The van der Waals surface area contributed by atoms with Crippen molar-refractivity contribution >= 4 is 35.9 Å². The van der Waals surface area contributed by atoms with Gasteiger partial charge in [-0.25, -0.2) is 9.59 Å². The minimum Gasteiger partial charge on any atom is -0.465 e. The molecule has 2 rings (SSSR count). The largest absolute Gasteiger partial charge is 0.465 e. The van der Waals surface area contributed by atoms with Gasteiger partial charge in [-0.05, 0) is 20.8 Å². The molecule has 0 spiro atoms. The van der Waals surface area contributed by atoms with E-state index in [1.807, 2.05) is 4.90 Å². The lowest BCUT2D eigenvalue weighted by Crippen LogP contribution is -2.72. The maximum Gasteiger partial charge on any atom is 0.410 e. The standard InChI is InChI=1S/C27H43N3O13/c1-15(31)28-21-19(29-9-11-30(12-10-29)25(36)43-26(5,6)7)13-27(37,24(35)38-8)42-23(21)22(41-18(4)34)20(40-17(3)33)14-39-16(2)32/h19-23,37H,9-14H2,1-8H3,(H,28,31)/t19-,20+,21+,22+,23+,27-/m0/s1. The Morgan fingerprint density at radius 2 is 1.53 bits per heavy atom. The van der Waals surface area contributed by atoms with Gasteiger partial charge in [0.25, 0.3) is 5.79 Å². The molecular formula is C27H43N3O13. The highest BCUT2D eigenvalue weighted by molar-refractivity contribution is 5.78. The minimum absolute atomic E-state index is 0.219. The van der Waals surface area contributed by atoms with Gasteiger partial charge < -0.3 is 43.7 Å². The number of hydrogen-bond donors (Lipinski definition) is 2. The summed E-state index contributed by atoms with van der Waals surface area (Å²) in [6.45, 7) is 10.1. The lowest BCUT2D eigenvalue weighted by molar-refractivity contribution is -0.293. The highest BCUT2D eigenvalue weighted by Gasteiger charge is 2.58. The summed E-state index contributed by atoms with van der Waals surface area (Å²) in [4.78, 5) is 77.1. The van der Waals surface area contributed by atoms with Crippen molar-refractivity contribution in [1.82, 2.24) is 15.1 Å². The Balaban J connectivity index is 2.55. The average Bonchev–Trinajstić information content (AvgIpc) is 2.88. The van der Waals surface area contributed by atoms with Crippen LogP contribution in [0.4, 0.5) is 4.79 Å². The van der Waals surface area contributed by atoms with Crippen molar-refractivity contribution in [2.24, 2.45) is 0 Å². The van der Waals surface area contributed by atoms with Crippen molar-refractivity contribution in [2.75, 3.05) is 39.9 Å². The summed E-state index contributed by atoms with van der Waals surface area (Å²) in [5.41, 5.74) is -0.702. The summed E-state index contributed by atoms with van der Waals surface area (Å²) in [5.74, 6) is -6.69. The Bertz CT molecular complexity index is 1050. The van der Waals surface area contributed by atoms with E-state index in [2.05, 4.69) is 5.32 Å². The van der Waals surface area contributed by atoms with E-state index in [0.29, 0.717) is 0 Å². The van der Waals surface area contributed by atoms with Crippen LogP contribution < -0.4 is 5.32 Å². The number of nitrogens with one attached hydrogen (secondary N) is 1. The molecule has 0 aromatic rings. The van der Waals surface area contributed by atoms with Crippen LogP contribution in [0.15, 0.2) is 0 Å². The molecule has 2 aliphatic heterocycles. The molecule has 2 N–H and O–H groups in total. The van der Waals surface area contributed by atoms with E-state index in [-0.39, 0.29) is 32.6 Å². The Kier molecular flexibility index (Phi) is 12.3. The van der Waals surface area contributed by atoms with Gasteiger partial charge in [0.15, 0.2) is 12.2 Å². The van der Waals surface area contributed by atoms with Gasteiger partial charge in [-0.3, -0.25) is 24.1 Å². The molecule has 6 atom stereocenters. The summed E-state index contributed by atoms with van der Waals surface area (Å²) >= 11 is 0. The molecule has 0 bridgehead atoms. The van der Waals surface area contributed by atoms with E-state index in [9.17, 15) is 33.9 Å². The lowest BCUT2D eigenvalue weighted by atomic mass is 9.85. The normalized spacial score (nSPS) is 25.9. The summed E-state index contributed by atoms with van der Waals surface area (Å²) in [6.07, 6.45) is -5.47. The molecule has 0 aromatic carbocycles. The van der Waals surface area contributed by atoms with Crippen molar-refractivity contribution in [3.8, 4) is 0 Å². The molecule has 0 aliphatic carbocycles. The fourth-order valence-corrected chi connectivity index (χ4v) is 5.02. The third-order valence-electron chi connectivity index (χ3n) is 6.66. The monoisotopic (exact) mass is 617 g/mol. The molecule has 2 amide bonds. The Morgan fingerprint density at radius 3 is 2.00 bits per heavy atom. The zero-order valence-electron chi connectivity index (χ0n) is 25.9. The first-order valence-electron chi connectivity index (χ1n) is 13.8. The Labute approximate surface area is 250 Å². The number of aliphatic hydroxyl groups is 1. The predicted molar refractivity (Wildman–Crippen MR) is 145 cm³/mol. The van der Waals surface area contributed by atoms with Gasteiger partial charge in [0.2, 0.25) is 5.91 Å². The van der Waals surface area contributed by atoms with Gasteiger partial charge in [0.05, 0.1) is 13.2 Å². The van der Waals surface area contributed by atoms with E-state index in [0.717, 1.165) is 27.9 Å². The summed E-state index contributed by atoms with van der Waals surface area (Å²) in [5, 5.41) is 14.2. The molecule has 2 aliphatic rings. The number of carbonyl (C=O) groups excluding carboxylic acids is 6. The maximum absolute atomic E-state index is 12.8. The molecule has 0 unspecified atom stereocenters. The summed E-state index contributed by atoms with van der Waals surface area (Å²) in [7, 11) is 1.04. The van der Waals surface area contributed by atoms with Gasteiger partial charge in [-0.2, -0.15) is 0 Å². The summed E-state index contributed by atoms with van der Waals surface area (Å²) < 4.78 is 32.0. The molecule has 16 nitrogen and oxygen atoms in total. The quantitative estimate of drug-likeness (QED) is 0.248. The van der Waals surface area contributed by atoms with Crippen LogP contribution in [0.1, 0.15) is 54.9 Å². The van der Waals surface area contributed by atoms with Crippen LogP contribution in [0.25, 0.3) is 0 Å². The number of esters is 4. The van der Waals surface area contributed by atoms with Gasteiger partial charge in [-0.1, -0.05) is 0 Å². The van der Waals surface area contributed by atoms with Gasteiger partial charge in [-0.15, -0.1) is 0 Å². The number of rotatable bonds is 9. The molecule has 16 heteroatoms. The smallest absolute Gasteiger partial charge is 0.410 e. The van der Waals surface area contributed by atoms with Gasteiger partial charge in [0.1, 0.15) is 18.3 Å². The van der Waals surface area contributed by atoms with Crippen LogP contribution in [0.2, 0.25) is 0 Å². The second-order valence-electron chi connectivity index (χ2n) is 11.4. The zero-order chi connectivity index (χ0) is 32.7. The SMILES string of the molecule is COC(=O)[C@]1(O)C[C@H](N2CCN(C(=O)OC(C)(C)C)CC2)[C@@H](NC(C)=O)[C@H]([C@H](OC(C)=O)[C@@H](COC(C)=O)OC(C)=O)O1. The van der Waals surface area contributed by atoms with Crippen molar-refractivity contribution in [2.45, 2.75) is 96.7 Å². The topological polar surface area (TPSA) is 197 Å². The zero-order valence-corrected chi connectivity index (χ0v) is 25.9. The van der Waals surface area contributed by atoms with Gasteiger partial charge in [0, 0.05) is 66.3 Å². The molecule has 0 radical (unpaired) electrons. The van der Waals surface area contributed by atoms with Crippen molar-refractivity contribution in [3.05, 3.63) is 0 Å². The highest BCUT2D eigenvalue weighted by atomic mass is 16.7. The lowest BCUT2D eigenvalue weighted by Gasteiger charge is -2.51. The van der Waals surface area contributed by atoms with E-state index in [1.165, 1.54) is 11.8 Å². The number of carbonyl (C=O) groups is 6. The third-order valence-corrected chi connectivity index (χ3v) is 6.66. The highest BCUT2D eigenvalue weighted by Crippen LogP contribution is 2.36. The molecule has 2 heterocycles. The predicted octanol–water partition coefficient (Wildman–Crippen LogP) is -0.511. The van der Waals surface area contributed by atoms with Crippen LogP contribution in [0, 0.1) is 0 Å². The van der Waals surface area contributed by atoms with Crippen LogP contribution in [-0.2, 0) is 52.4 Å². The fourth-order valence-electron chi connectivity index (χ4n) is 5.02. The van der Waals surface area contributed by atoms with E-state index in [1.54, 1.807) is 20.8 Å². The molecule has 0 aromatic heterocycles. The molecule has 43 heavy (non-hydrogen) atoms. The Hall–Kier alpha value is -3.50. The van der Waals surface area contributed by atoms with Crippen LogP contribution in [0.5, 0.6) is 0 Å². The van der Waals surface area contributed by atoms with E-state index >= 15 is 0 Å². The van der Waals surface area contributed by atoms with Crippen LogP contribution in [0.3, 0.4) is 0 Å². The second kappa shape index (κ2) is 14.8. The van der Waals surface area contributed by atoms with Crippen molar-refractivity contribution in [1.29, 1.82) is 0 Å². The molecule has 2 fully saturated rings. The van der Waals surface area contributed by atoms with Crippen LogP contribution in [-0.4, -0.2) is 132 Å². The molecule has 0 saturated carbocycles. The van der Waals surface area contributed by atoms with E-state index in [4.69, 9.17) is 28.4 Å². The first kappa shape index (κ1) is 35.7. The summed E-state index contributed by atoms with van der Waals surface area (Å²) in [6, 6.07) is -1.92. The minimum atomic E-state index is -2.60. The van der Waals surface area contributed by atoms with Crippen molar-refractivity contribution in [3.63, 3.8) is 0 Å². The van der Waals surface area contributed by atoms with Crippen LogP contribution >= 0.6 is 0 Å². The second-order valence-corrected chi connectivity index (χ2v) is 11.4. The van der Waals surface area contributed by atoms with Crippen molar-refractivity contribution < 1.29 is 62.3 Å². The maximum atomic E-state index is 12.8. The first-order valence-corrected chi connectivity index (χ1v) is 13.8. The Morgan fingerprint density at radius 1 is 0.953 bits per heavy atom. The fraction of sp³-hybridized carbons (Fsp3) is 0.778. The first-order chi connectivity index (χ1) is 19.9. The van der Waals surface area contributed by atoms with Gasteiger partial charge >= 0.3 is 30.0 Å². The molecule has 2 saturated heterocycles. The number of amides is 2. The number of ether oxygens (including phenoxy) is 6. The number of piperazine rings is 1. The van der Waals surface area contributed by atoms with E-state index < -0.39 is 84.3 Å². The molecule has 244 valence electrons. The number of hydrogen-bond acceptors (Lipinski definition) is 14.